The van der Waals surface area contributed by atoms with Crippen molar-refractivity contribution in [3.05, 3.63) is 77.6 Å². The first-order valence-electron chi connectivity index (χ1n) is 10.4. The minimum Gasteiger partial charge on any atom is -0.491 e. The van der Waals surface area contributed by atoms with Crippen molar-refractivity contribution in [2.24, 2.45) is 0 Å². The van der Waals surface area contributed by atoms with Gasteiger partial charge in [-0.3, -0.25) is 0 Å². The fourth-order valence-electron chi connectivity index (χ4n) is 3.90. The molecule has 0 fully saturated rings. The summed E-state index contributed by atoms with van der Waals surface area (Å²) < 4.78 is 5.92. The molecule has 1 aliphatic rings. The number of aromatic nitrogens is 2. The number of amides is 2. The van der Waals surface area contributed by atoms with Crippen LogP contribution in [0.2, 0.25) is 0 Å². The maximum Gasteiger partial charge on any atom is 0.322 e. The van der Waals surface area contributed by atoms with Crippen LogP contribution >= 0.6 is 0 Å². The van der Waals surface area contributed by atoms with Gasteiger partial charge in [-0.2, -0.15) is 0 Å². The second kappa shape index (κ2) is 7.80. The van der Waals surface area contributed by atoms with Crippen LogP contribution < -0.4 is 10.1 Å². The Morgan fingerprint density at radius 2 is 1.81 bits per heavy atom. The average Bonchev–Trinajstić information content (AvgIpc) is 3.00. The van der Waals surface area contributed by atoms with Crippen LogP contribution in [0, 0.1) is 13.8 Å². The molecule has 0 bridgehead atoms. The number of hydrogen-bond acceptors (Lipinski definition) is 3. The summed E-state index contributed by atoms with van der Waals surface area (Å²) in [5.74, 6) is 1.73. The minimum atomic E-state index is -0.125. The molecular formula is C25H24N4O2. The first kappa shape index (κ1) is 19.2. The molecule has 4 aromatic rings. The third-order valence-electron chi connectivity index (χ3n) is 5.56. The number of nitrogens with one attached hydrogen (secondary N) is 2. The fourth-order valence-corrected chi connectivity index (χ4v) is 3.90. The van der Waals surface area contributed by atoms with E-state index in [1.54, 1.807) is 4.90 Å². The van der Waals surface area contributed by atoms with Crippen LogP contribution in [0.15, 0.2) is 60.7 Å². The highest BCUT2D eigenvalue weighted by atomic mass is 16.5. The van der Waals surface area contributed by atoms with E-state index in [4.69, 9.17) is 4.74 Å². The highest BCUT2D eigenvalue weighted by Gasteiger charge is 2.20. The number of carbonyl (C=O) groups is 1. The predicted octanol–water partition coefficient (Wildman–Crippen LogP) is 5.27. The maximum atomic E-state index is 12.9. The lowest BCUT2D eigenvalue weighted by molar-refractivity contribution is 0.200. The van der Waals surface area contributed by atoms with Crippen molar-refractivity contribution >= 4 is 22.8 Å². The van der Waals surface area contributed by atoms with Crippen molar-refractivity contribution in [3.63, 3.8) is 0 Å². The molecule has 3 aromatic carbocycles. The largest absolute Gasteiger partial charge is 0.491 e. The van der Waals surface area contributed by atoms with Crippen LogP contribution in [0.5, 0.6) is 5.75 Å². The van der Waals surface area contributed by atoms with E-state index < -0.39 is 0 Å². The number of ether oxygens (including phenoxy) is 1. The molecule has 0 saturated carbocycles. The number of urea groups is 1. The number of anilines is 1. The molecule has 1 aromatic heterocycles. The summed E-state index contributed by atoms with van der Waals surface area (Å²) in [6.45, 7) is 5.47. The number of H-pyrrole nitrogens is 1. The number of hydrogen-bond donors (Lipinski definition) is 2. The van der Waals surface area contributed by atoms with Gasteiger partial charge in [-0.25, -0.2) is 9.78 Å². The van der Waals surface area contributed by atoms with E-state index in [9.17, 15) is 4.79 Å². The highest BCUT2D eigenvalue weighted by Crippen LogP contribution is 2.31. The van der Waals surface area contributed by atoms with Gasteiger partial charge >= 0.3 is 6.03 Å². The monoisotopic (exact) mass is 412 g/mol. The zero-order valence-corrected chi connectivity index (χ0v) is 17.6. The number of aryl methyl sites for hydroxylation is 2. The summed E-state index contributed by atoms with van der Waals surface area (Å²) in [6.07, 6.45) is 0. The molecule has 0 radical (unpaired) electrons. The van der Waals surface area contributed by atoms with Crippen LogP contribution in [0.3, 0.4) is 0 Å². The van der Waals surface area contributed by atoms with Crippen LogP contribution in [-0.2, 0) is 6.54 Å². The van der Waals surface area contributed by atoms with Gasteiger partial charge in [0.2, 0.25) is 0 Å². The molecule has 0 spiro atoms. The van der Waals surface area contributed by atoms with Crippen LogP contribution in [0.25, 0.3) is 22.2 Å². The maximum absolute atomic E-state index is 12.9. The quantitative estimate of drug-likeness (QED) is 0.471. The second-order valence-electron chi connectivity index (χ2n) is 7.94. The molecular weight excluding hydrogens is 388 g/mol. The Bertz CT molecular complexity index is 1260. The van der Waals surface area contributed by atoms with Crippen molar-refractivity contribution < 1.29 is 9.53 Å². The van der Waals surface area contributed by atoms with Gasteiger partial charge in [0.1, 0.15) is 18.2 Å². The van der Waals surface area contributed by atoms with E-state index in [0.29, 0.717) is 19.7 Å². The molecule has 0 unspecified atom stereocenters. The van der Waals surface area contributed by atoms with E-state index >= 15 is 0 Å². The summed E-state index contributed by atoms with van der Waals surface area (Å²) in [7, 11) is 0. The van der Waals surface area contributed by atoms with Gasteiger partial charge in [0.25, 0.3) is 0 Å². The summed E-state index contributed by atoms with van der Waals surface area (Å²) in [6, 6.07) is 20.1. The minimum absolute atomic E-state index is 0.125. The third-order valence-corrected chi connectivity index (χ3v) is 5.56. The molecule has 1 aliphatic heterocycles. The number of imidazole rings is 1. The predicted molar refractivity (Wildman–Crippen MR) is 122 cm³/mol. The van der Waals surface area contributed by atoms with Crippen LogP contribution in [0.4, 0.5) is 10.5 Å². The lowest BCUT2D eigenvalue weighted by Gasteiger charge is -2.20. The number of benzene rings is 3. The molecule has 2 N–H and O–H groups in total. The zero-order valence-electron chi connectivity index (χ0n) is 17.6. The number of rotatable bonds is 2. The van der Waals surface area contributed by atoms with Crippen molar-refractivity contribution in [2.45, 2.75) is 20.4 Å². The Kier molecular flexibility index (Phi) is 4.82. The molecule has 5 rings (SSSR count). The van der Waals surface area contributed by atoms with Crippen molar-refractivity contribution in [1.29, 1.82) is 0 Å². The molecule has 6 heteroatoms. The van der Waals surface area contributed by atoms with Crippen molar-refractivity contribution in [1.82, 2.24) is 14.9 Å². The Balaban J connectivity index is 1.40. The van der Waals surface area contributed by atoms with Gasteiger partial charge < -0.3 is 19.9 Å². The summed E-state index contributed by atoms with van der Waals surface area (Å²) in [4.78, 5) is 22.4. The average molecular weight is 412 g/mol. The van der Waals surface area contributed by atoms with Gasteiger partial charge in [0.15, 0.2) is 0 Å². The Hall–Kier alpha value is -3.80. The van der Waals surface area contributed by atoms with Gasteiger partial charge in [0, 0.05) is 11.3 Å². The summed E-state index contributed by atoms with van der Waals surface area (Å²) in [5.41, 5.74) is 7.09. The first-order valence-corrected chi connectivity index (χ1v) is 10.4. The molecule has 156 valence electrons. The SMILES string of the molecule is Cc1ccc(NC(=O)N2CCOc3ccc(-c4ccc5nc(C)[nH]c5c4)cc3C2)cc1. The van der Waals surface area contributed by atoms with Crippen LogP contribution in [0.1, 0.15) is 17.0 Å². The van der Waals surface area contributed by atoms with Crippen molar-refractivity contribution in [3.8, 4) is 16.9 Å². The summed E-state index contributed by atoms with van der Waals surface area (Å²) in [5, 5.41) is 2.99. The first-order chi connectivity index (χ1) is 15.0. The molecule has 31 heavy (non-hydrogen) atoms. The van der Waals surface area contributed by atoms with E-state index in [1.807, 2.05) is 50.2 Å². The molecule has 0 saturated heterocycles. The fraction of sp³-hybridized carbons (Fsp3) is 0.200. The zero-order chi connectivity index (χ0) is 21.4. The van der Waals surface area contributed by atoms with E-state index in [2.05, 4.69) is 39.6 Å². The van der Waals surface area contributed by atoms with E-state index in [1.165, 1.54) is 0 Å². The molecule has 2 amide bonds. The lowest BCUT2D eigenvalue weighted by Crippen LogP contribution is -2.36. The summed E-state index contributed by atoms with van der Waals surface area (Å²) >= 11 is 0. The van der Waals surface area contributed by atoms with Gasteiger partial charge in [-0.15, -0.1) is 0 Å². The molecule has 6 nitrogen and oxygen atoms in total. The number of aromatic amines is 1. The highest BCUT2D eigenvalue weighted by molar-refractivity contribution is 5.89. The standard InChI is InChI=1S/C25H24N4O2/c1-16-3-7-21(8-4-16)28-25(30)29-11-12-31-24-10-6-18(13-20(24)15-29)19-5-9-22-23(14-19)27-17(2)26-22/h3-10,13-14H,11-12,15H2,1-2H3,(H,26,27)(H,28,30). The van der Waals surface area contributed by atoms with Gasteiger partial charge in [-0.05, 0) is 61.4 Å². The lowest BCUT2D eigenvalue weighted by atomic mass is 10.0. The van der Waals surface area contributed by atoms with Gasteiger partial charge in [0.05, 0.1) is 24.1 Å². The van der Waals surface area contributed by atoms with Crippen molar-refractivity contribution in [2.75, 3.05) is 18.5 Å². The van der Waals surface area contributed by atoms with E-state index in [-0.39, 0.29) is 6.03 Å². The normalized spacial score (nSPS) is 13.4. The Labute approximate surface area is 180 Å². The third kappa shape index (κ3) is 3.97. The smallest absolute Gasteiger partial charge is 0.322 e. The van der Waals surface area contributed by atoms with E-state index in [0.717, 1.165) is 50.5 Å². The molecule has 0 aliphatic carbocycles. The number of carbonyl (C=O) groups excluding carboxylic acids is 1. The molecule has 0 atom stereocenters. The van der Waals surface area contributed by atoms with Crippen LogP contribution in [-0.4, -0.2) is 34.1 Å². The molecule has 2 heterocycles. The second-order valence-corrected chi connectivity index (χ2v) is 7.94. The number of fused-ring (bicyclic) bond motifs is 2. The topological polar surface area (TPSA) is 70.2 Å². The Morgan fingerprint density at radius 1 is 1.03 bits per heavy atom. The van der Waals surface area contributed by atoms with Gasteiger partial charge in [-0.1, -0.05) is 29.8 Å². The Morgan fingerprint density at radius 3 is 2.65 bits per heavy atom. The number of nitrogens with zero attached hydrogens (tertiary/aromatic N) is 2.